The van der Waals surface area contributed by atoms with Gasteiger partial charge in [-0.1, -0.05) is 116 Å². The lowest BCUT2D eigenvalue weighted by Crippen LogP contribution is -2.55. The van der Waals surface area contributed by atoms with Crippen LogP contribution in [0.25, 0.3) is 0 Å². The van der Waals surface area contributed by atoms with Gasteiger partial charge in [-0.2, -0.15) is 0 Å². The van der Waals surface area contributed by atoms with Crippen molar-refractivity contribution >= 4 is 16.9 Å². The summed E-state index contributed by atoms with van der Waals surface area (Å²) in [6.07, 6.45) is 57.0. The van der Waals surface area contributed by atoms with Gasteiger partial charge in [-0.25, -0.2) is 0 Å². The Labute approximate surface area is 350 Å². The van der Waals surface area contributed by atoms with E-state index in [4.69, 9.17) is 0 Å². The molecule has 8 aliphatic rings. The molecule has 1 aromatic rings. The first-order valence-corrected chi connectivity index (χ1v) is 23.1. The summed E-state index contributed by atoms with van der Waals surface area (Å²) in [5.74, 6) is 2.10. The Hall–Kier alpha value is -4.55. The molecular formula is C53H59N3OS. The molecule has 0 saturated heterocycles. The van der Waals surface area contributed by atoms with Gasteiger partial charge in [0, 0.05) is 40.7 Å². The van der Waals surface area contributed by atoms with E-state index >= 15 is 0 Å². The number of rotatable bonds is 10. The second kappa shape index (κ2) is 17.7. The fraction of sp³-hybridized carbons (Fsp3) is 0.358. The first-order chi connectivity index (χ1) is 28.5. The zero-order valence-electron chi connectivity index (χ0n) is 34.0. The summed E-state index contributed by atoms with van der Waals surface area (Å²) in [5, 5.41) is 7.55. The van der Waals surface area contributed by atoms with Crippen molar-refractivity contribution in [2.45, 2.75) is 87.6 Å². The highest BCUT2D eigenvalue weighted by atomic mass is 32.2. The number of hydrogen-bond acceptors (Lipinski definition) is 4. The minimum Gasteiger partial charge on any atom is -0.611 e. The van der Waals surface area contributed by atoms with E-state index in [1.165, 1.54) is 60.1 Å². The number of anilines is 1. The van der Waals surface area contributed by atoms with Crippen molar-refractivity contribution in [2.24, 2.45) is 23.7 Å². The van der Waals surface area contributed by atoms with Crippen LogP contribution >= 0.6 is 0 Å². The molecule has 1 aromatic carbocycles. The zero-order chi connectivity index (χ0) is 39.4. The molecule has 298 valence electrons. The SMILES string of the molecule is C=C(/C=C\C=C/Nc1cccc(C2C=CC=C3C4=C(C=CCC4)[S+]([O-])C32)c1)C1=CC=CC(C2C=C(C3NC(C4C=CCCC4)=CC(C4C=CC=CC4)N3C)CCC2)C1. The minimum absolute atomic E-state index is 0.00289. The van der Waals surface area contributed by atoms with E-state index in [0.29, 0.717) is 29.7 Å². The molecular weight excluding hydrogens is 727 g/mol. The quantitative estimate of drug-likeness (QED) is 0.141. The first-order valence-electron chi connectivity index (χ1n) is 21.9. The molecule has 2 N–H and O–H groups in total. The van der Waals surface area contributed by atoms with Crippen molar-refractivity contribution in [3.63, 3.8) is 0 Å². The summed E-state index contributed by atoms with van der Waals surface area (Å²) in [4.78, 5) is 3.66. The minimum atomic E-state index is -1.02. The second-order valence-corrected chi connectivity index (χ2v) is 18.8. The van der Waals surface area contributed by atoms with Gasteiger partial charge in [0.05, 0.1) is 5.92 Å². The van der Waals surface area contributed by atoms with Crippen LogP contribution in [0.4, 0.5) is 5.69 Å². The van der Waals surface area contributed by atoms with Gasteiger partial charge < -0.3 is 15.2 Å². The average molecular weight is 786 g/mol. The maximum absolute atomic E-state index is 13.6. The van der Waals surface area contributed by atoms with Crippen molar-refractivity contribution in [1.29, 1.82) is 0 Å². The Bertz CT molecular complexity index is 2160. The van der Waals surface area contributed by atoms with E-state index in [2.05, 4.69) is 169 Å². The van der Waals surface area contributed by atoms with Crippen LogP contribution in [-0.4, -0.2) is 34.0 Å². The smallest absolute Gasteiger partial charge is 0.156 e. The highest BCUT2D eigenvalue weighted by Gasteiger charge is 2.47. The second-order valence-electron chi connectivity index (χ2n) is 17.3. The van der Waals surface area contributed by atoms with E-state index in [9.17, 15) is 4.55 Å². The molecule has 0 spiro atoms. The van der Waals surface area contributed by atoms with Crippen molar-refractivity contribution in [2.75, 3.05) is 12.4 Å². The highest BCUT2D eigenvalue weighted by molar-refractivity contribution is 7.96. The Morgan fingerprint density at radius 1 is 0.914 bits per heavy atom. The molecule has 0 radical (unpaired) electrons. The Morgan fingerprint density at radius 3 is 2.71 bits per heavy atom. The predicted octanol–water partition coefficient (Wildman–Crippen LogP) is 11.9. The van der Waals surface area contributed by atoms with E-state index in [1.807, 2.05) is 6.20 Å². The zero-order valence-corrected chi connectivity index (χ0v) is 34.8. The Balaban J connectivity index is 0.816. The maximum atomic E-state index is 13.6. The van der Waals surface area contributed by atoms with Crippen LogP contribution < -0.4 is 10.6 Å². The van der Waals surface area contributed by atoms with E-state index < -0.39 is 11.2 Å². The maximum Gasteiger partial charge on any atom is 0.156 e. The van der Waals surface area contributed by atoms with Crippen LogP contribution in [0.3, 0.4) is 0 Å². The molecule has 58 heavy (non-hydrogen) atoms. The number of hydrogen-bond donors (Lipinski definition) is 2. The molecule has 0 aromatic heterocycles. The molecule has 5 heteroatoms. The van der Waals surface area contributed by atoms with Crippen LogP contribution in [0.15, 0.2) is 191 Å². The van der Waals surface area contributed by atoms with Crippen molar-refractivity contribution in [1.82, 2.24) is 10.2 Å². The first kappa shape index (κ1) is 38.9. The molecule has 2 aliphatic heterocycles. The lowest BCUT2D eigenvalue weighted by Gasteiger charge is -2.46. The lowest BCUT2D eigenvalue weighted by atomic mass is 9.75. The summed E-state index contributed by atoms with van der Waals surface area (Å²) in [5.41, 5.74) is 10.2. The average Bonchev–Trinajstić information content (AvgIpc) is 3.58. The van der Waals surface area contributed by atoms with Crippen LogP contribution in [-0.2, 0) is 11.2 Å². The van der Waals surface area contributed by atoms with Crippen molar-refractivity contribution in [3.8, 4) is 0 Å². The monoisotopic (exact) mass is 785 g/mol. The normalized spacial score (nSPS) is 33.1. The van der Waals surface area contributed by atoms with Crippen molar-refractivity contribution in [3.05, 3.63) is 197 Å². The number of benzene rings is 1. The van der Waals surface area contributed by atoms with Gasteiger partial charge in [0.25, 0.3) is 0 Å². The van der Waals surface area contributed by atoms with Gasteiger partial charge in [-0.3, -0.25) is 4.90 Å². The summed E-state index contributed by atoms with van der Waals surface area (Å²) in [7, 11) is 2.34. The third-order valence-corrected chi connectivity index (χ3v) is 15.5. The van der Waals surface area contributed by atoms with Crippen LogP contribution in [0.2, 0.25) is 0 Å². The van der Waals surface area contributed by atoms with E-state index in [0.717, 1.165) is 48.3 Å². The Morgan fingerprint density at radius 2 is 1.83 bits per heavy atom. The summed E-state index contributed by atoms with van der Waals surface area (Å²) >= 11 is -1.02. The number of likely N-dealkylation sites (N-methyl/N-ethyl adjacent to an activating group) is 1. The van der Waals surface area contributed by atoms with Gasteiger partial charge in [0.2, 0.25) is 0 Å². The molecule has 9 atom stereocenters. The summed E-state index contributed by atoms with van der Waals surface area (Å²) < 4.78 is 13.6. The third kappa shape index (κ3) is 8.19. The molecule has 4 nitrogen and oxygen atoms in total. The molecule has 2 heterocycles. The number of nitrogens with one attached hydrogen (secondary N) is 2. The van der Waals surface area contributed by atoms with Gasteiger partial charge >= 0.3 is 0 Å². The number of allylic oxidation sites excluding steroid dienone is 20. The van der Waals surface area contributed by atoms with E-state index in [-0.39, 0.29) is 17.3 Å². The number of nitrogens with zero attached hydrogens (tertiary/aromatic N) is 1. The van der Waals surface area contributed by atoms with Gasteiger partial charge in [0.15, 0.2) is 10.2 Å². The largest absolute Gasteiger partial charge is 0.611 e. The molecule has 0 bridgehead atoms. The van der Waals surface area contributed by atoms with Crippen LogP contribution in [0.5, 0.6) is 0 Å². The summed E-state index contributed by atoms with van der Waals surface area (Å²) in [6, 6.07) is 8.95. The fourth-order valence-corrected chi connectivity index (χ4v) is 12.5. The molecule has 0 amide bonds. The van der Waals surface area contributed by atoms with Gasteiger partial charge in [-0.15, -0.1) is 0 Å². The molecule has 6 aliphatic carbocycles. The third-order valence-electron chi connectivity index (χ3n) is 13.7. The Kier molecular flexibility index (Phi) is 11.9. The van der Waals surface area contributed by atoms with Crippen molar-refractivity contribution < 1.29 is 4.55 Å². The van der Waals surface area contributed by atoms with Gasteiger partial charge in [-0.05, 0) is 153 Å². The molecule has 0 saturated carbocycles. The highest BCUT2D eigenvalue weighted by Crippen LogP contribution is 2.49. The van der Waals surface area contributed by atoms with Crippen LogP contribution in [0, 0.1) is 23.7 Å². The topological polar surface area (TPSA) is 50.4 Å². The van der Waals surface area contributed by atoms with E-state index in [1.54, 1.807) is 5.57 Å². The van der Waals surface area contributed by atoms with Crippen LogP contribution in [0.1, 0.15) is 75.7 Å². The predicted molar refractivity (Wildman–Crippen MR) is 245 cm³/mol. The molecule has 9 unspecified atom stereocenters. The molecule has 0 fully saturated rings. The summed E-state index contributed by atoms with van der Waals surface area (Å²) in [6.45, 7) is 4.50. The van der Waals surface area contributed by atoms with Gasteiger partial charge in [0.1, 0.15) is 6.17 Å². The standard InChI is InChI=1S/C53H59N3OS/c1-37(17-11-12-32-54-45-27-15-25-43(35-45)46-29-16-30-48-47-28-9-10-31-51(47)58(57)52(46)48)40-22-13-23-41(33-40)42-24-14-26-44(34-42)53-55-49(38-18-5-3-6-19-38)36-50(56(53)2)39-20-7-4-8-21-39/h4-5,7-8,10-13,15-18,20,22-23,25,27,29-32,34-36,38-39,41-42,46,50,52-55H,1,3,6,9,14,19,21,24,26,28,33H2,2H3/b17-11-,32-12-. The number of fused-ring (bicyclic) bond motifs is 2. The molecule has 9 rings (SSSR count). The lowest BCUT2D eigenvalue weighted by molar-refractivity contribution is 0.149. The fourth-order valence-electron chi connectivity index (χ4n) is 10.5.